The fourth-order valence-corrected chi connectivity index (χ4v) is 3.30. The summed E-state index contributed by atoms with van der Waals surface area (Å²) in [5.41, 5.74) is 0. The van der Waals surface area contributed by atoms with Crippen molar-refractivity contribution in [3.63, 3.8) is 0 Å². The van der Waals surface area contributed by atoms with E-state index in [1.807, 2.05) is 6.92 Å². The van der Waals surface area contributed by atoms with Gasteiger partial charge in [0, 0.05) is 26.1 Å². The molecule has 2 fully saturated rings. The number of likely N-dealkylation sites (tertiary alicyclic amines) is 1. The van der Waals surface area contributed by atoms with Gasteiger partial charge in [-0.05, 0) is 19.8 Å². The van der Waals surface area contributed by atoms with Crippen LogP contribution in [0.5, 0.6) is 0 Å². The summed E-state index contributed by atoms with van der Waals surface area (Å²) < 4.78 is 4.95. The Bertz CT molecular complexity index is 400. The minimum atomic E-state index is -0.157. The first-order valence-corrected chi connectivity index (χ1v) is 7.68. The van der Waals surface area contributed by atoms with Crippen molar-refractivity contribution in [1.82, 2.24) is 10.2 Å². The zero-order valence-electron chi connectivity index (χ0n) is 12.8. The van der Waals surface area contributed by atoms with Crippen molar-refractivity contribution in [2.24, 2.45) is 11.8 Å². The van der Waals surface area contributed by atoms with Gasteiger partial charge in [-0.1, -0.05) is 12.8 Å². The number of carbonyl (C=O) groups is 3. The molecule has 3 amide bonds. The molecule has 0 bridgehead atoms. The summed E-state index contributed by atoms with van der Waals surface area (Å²) in [4.78, 5) is 37.6. The molecule has 0 aromatic rings. The van der Waals surface area contributed by atoms with Crippen LogP contribution in [-0.2, 0) is 19.1 Å². The Labute approximate surface area is 125 Å². The molecule has 118 valence electrons. The first kappa shape index (κ1) is 15.9. The third-order valence-corrected chi connectivity index (χ3v) is 4.32. The number of rotatable bonds is 6. The summed E-state index contributed by atoms with van der Waals surface area (Å²) in [6, 6.07) is -0.0740. The zero-order valence-corrected chi connectivity index (χ0v) is 12.8. The highest BCUT2D eigenvalue weighted by Gasteiger charge is 2.47. The molecule has 1 heterocycles. The molecule has 1 N–H and O–H groups in total. The van der Waals surface area contributed by atoms with Crippen molar-refractivity contribution in [2.75, 3.05) is 20.3 Å². The highest BCUT2D eigenvalue weighted by Crippen LogP contribution is 2.37. The molecular weight excluding hydrogens is 272 g/mol. The lowest BCUT2D eigenvalue weighted by Gasteiger charge is -2.19. The van der Waals surface area contributed by atoms with Crippen LogP contribution in [-0.4, -0.2) is 48.9 Å². The molecule has 1 aliphatic heterocycles. The number of methoxy groups -OCH3 is 1. The van der Waals surface area contributed by atoms with E-state index in [4.69, 9.17) is 4.74 Å². The summed E-state index contributed by atoms with van der Waals surface area (Å²) in [5.74, 6) is -0.594. The van der Waals surface area contributed by atoms with Gasteiger partial charge in [0.05, 0.1) is 18.4 Å². The molecule has 1 aliphatic carbocycles. The van der Waals surface area contributed by atoms with Crippen molar-refractivity contribution >= 4 is 17.7 Å². The van der Waals surface area contributed by atoms with Gasteiger partial charge in [0.15, 0.2) is 0 Å². The van der Waals surface area contributed by atoms with Crippen molar-refractivity contribution < 1.29 is 19.1 Å². The molecular formula is C15H24N2O4. The van der Waals surface area contributed by atoms with E-state index in [1.165, 1.54) is 4.90 Å². The van der Waals surface area contributed by atoms with Crippen LogP contribution >= 0.6 is 0 Å². The van der Waals surface area contributed by atoms with Crippen molar-refractivity contribution in [2.45, 2.75) is 45.1 Å². The average Bonchev–Trinajstić information content (AvgIpc) is 2.70. The van der Waals surface area contributed by atoms with Crippen molar-refractivity contribution in [3.05, 3.63) is 0 Å². The number of amides is 3. The number of hydrogen-bond acceptors (Lipinski definition) is 4. The topological polar surface area (TPSA) is 75.7 Å². The Morgan fingerprint density at radius 3 is 2.38 bits per heavy atom. The van der Waals surface area contributed by atoms with E-state index >= 15 is 0 Å². The standard InChI is InChI=1S/C15H24N2O4/c1-10(9-21-2)16-13(18)7-8-17-14(19)11-5-3-4-6-12(11)15(17)20/h10-12H,3-9H2,1-2H3,(H,16,18)/t10-,11-,12-/m0/s1. The van der Waals surface area contributed by atoms with Crippen LogP contribution in [0, 0.1) is 11.8 Å². The van der Waals surface area contributed by atoms with Crippen LogP contribution in [0.3, 0.4) is 0 Å². The van der Waals surface area contributed by atoms with Crippen LogP contribution in [0.25, 0.3) is 0 Å². The van der Waals surface area contributed by atoms with Crippen LogP contribution in [0.4, 0.5) is 0 Å². The van der Waals surface area contributed by atoms with Crippen molar-refractivity contribution in [1.29, 1.82) is 0 Å². The molecule has 2 rings (SSSR count). The van der Waals surface area contributed by atoms with Crippen molar-refractivity contribution in [3.8, 4) is 0 Å². The molecule has 1 saturated carbocycles. The van der Waals surface area contributed by atoms with Gasteiger partial charge < -0.3 is 10.1 Å². The number of nitrogens with zero attached hydrogens (tertiary/aromatic N) is 1. The maximum absolute atomic E-state index is 12.2. The van der Waals surface area contributed by atoms with Crippen LogP contribution in [0.1, 0.15) is 39.0 Å². The van der Waals surface area contributed by atoms with Crippen LogP contribution in [0.15, 0.2) is 0 Å². The molecule has 6 nitrogen and oxygen atoms in total. The number of nitrogens with one attached hydrogen (secondary N) is 1. The largest absolute Gasteiger partial charge is 0.383 e. The van der Waals surface area contributed by atoms with E-state index in [0.717, 1.165) is 25.7 Å². The van der Waals surface area contributed by atoms with E-state index in [2.05, 4.69) is 5.32 Å². The second-order valence-corrected chi connectivity index (χ2v) is 6.00. The van der Waals surface area contributed by atoms with E-state index < -0.39 is 0 Å². The smallest absolute Gasteiger partial charge is 0.233 e. The second-order valence-electron chi connectivity index (χ2n) is 6.00. The normalized spacial score (nSPS) is 26.7. The van der Waals surface area contributed by atoms with E-state index in [1.54, 1.807) is 7.11 Å². The number of hydrogen-bond donors (Lipinski definition) is 1. The number of carbonyl (C=O) groups excluding carboxylic acids is 3. The van der Waals surface area contributed by atoms with Gasteiger partial charge in [-0.15, -0.1) is 0 Å². The highest BCUT2D eigenvalue weighted by atomic mass is 16.5. The Morgan fingerprint density at radius 1 is 1.29 bits per heavy atom. The van der Waals surface area contributed by atoms with Gasteiger partial charge in [0.2, 0.25) is 17.7 Å². The molecule has 3 atom stereocenters. The maximum Gasteiger partial charge on any atom is 0.233 e. The molecule has 0 unspecified atom stereocenters. The third-order valence-electron chi connectivity index (χ3n) is 4.32. The van der Waals surface area contributed by atoms with Gasteiger partial charge >= 0.3 is 0 Å². The van der Waals surface area contributed by atoms with Crippen LogP contribution < -0.4 is 5.32 Å². The first-order valence-electron chi connectivity index (χ1n) is 7.68. The lowest BCUT2D eigenvalue weighted by atomic mass is 9.81. The minimum absolute atomic E-state index is 0.0740. The second kappa shape index (κ2) is 7.02. The monoisotopic (exact) mass is 296 g/mol. The summed E-state index contributed by atoms with van der Waals surface area (Å²) in [6.07, 6.45) is 3.81. The predicted octanol–water partition coefficient (Wildman–Crippen LogP) is 0.703. The van der Waals surface area contributed by atoms with E-state index in [0.29, 0.717) is 6.61 Å². The maximum atomic E-state index is 12.2. The molecule has 6 heteroatoms. The van der Waals surface area contributed by atoms with Gasteiger partial charge in [-0.25, -0.2) is 0 Å². The van der Waals surface area contributed by atoms with Crippen LogP contribution in [0.2, 0.25) is 0 Å². The van der Waals surface area contributed by atoms with E-state index in [9.17, 15) is 14.4 Å². The summed E-state index contributed by atoms with van der Waals surface area (Å²) in [5, 5.41) is 2.78. The number of ether oxygens (including phenoxy) is 1. The molecule has 21 heavy (non-hydrogen) atoms. The Balaban J connectivity index is 1.84. The molecule has 0 radical (unpaired) electrons. The van der Waals surface area contributed by atoms with E-state index in [-0.39, 0.29) is 48.6 Å². The number of fused-ring (bicyclic) bond motifs is 1. The lowest BCUT2D eigenvalue weighted by molar-refractivity contribution is -0.140. The SMILES string of the molecule is COC[C@H](C)NC(=O)CCN1C(=O)[C@H]2CCCC[C@@H]2C1=O. The van der Waals surface area contributed by atoms with Gasteiger partial charge in [0.1, 0.15) is 0 Å². The number of imide groups is 1. The van der Waals surface area contributed by atoms with Gasteiger partial charge in [0.25, 0.3) is 0 Å². The van der Waals surface area contributed by atoms with Gasteiger partial charge in [-0.3, -0.25) is 19.3 Å². The fraction of sp³-hybridized carbons (Fsp3) is 0.800. The molecule has 2 aliphatic rings. The highest BCUT2D eigenvalue weighted by molar-refractivity contribution is 6.05. The Morgan fingerprint density at radius 2 is 1.86 bits per heavy atom. The minimum Gasteiger partial charge on any atom is -0.383 e. The summed E-state index contributed by atoms with van der Waals surface area (Å²) >= 11 is 0. The lowest BCUT2D eigenvalue weighted by Crippen LogP contribution is -2.39. The Kier molecular flexibility index (Phi) is 5.33. The molecule has 0 aromatic carbocycles. The first-order chi connectivity index (χ1) is 10.0. The fourth-order valence-electron chi connectivity index (χ4n) is 3.30. The Hall–Kier alpha value is -1.43. The predicted molar refractivity (Wildman–Crippen MR) is 76.3 cm³/mol. The average molecular weight is 296 g/mol. The molecule has 0 aromatic heterocycles. The quantitative estimate of drug-likeness (QED) is 0.732. The van der Waals surface area contributed by atoms with Gasteiger partial charge in [-0.2, -0.15) is 0 Å². The zero-order chi connectivity index (χ0) is 15.4. The third kappa shape index (κ3) is 3.61. The molecule has 0 spiro atoms. The molecule has 1 saturated heterocycles. The summed E-state index contributed by atoms with van der Waals surface area (Å²) in [7, 11) is 1.58. The summed E-state index contributed by atoms with van der Waals surface area (Å²) in [6.45, 7) is 2.48.